The summed E-state index contributed by atoms with van der Waals surface area (Å²) in [5.74, 6) is 0.984. The lowest BCUT2D eigenvalue weighted by atomic mass is 10.1. The molecule has 4 aromatic rings. The topological polar surface area (TPSA) is 145 Å². The van der Waals surface area contributed by atoms with Crippen LogP contribution in [0.5, 0.6) is 0 Å². The molecule has 0 radical (unpaired) electrons. The van der Waals surface area contributed by atoms with Crippen LogP contribution in [0, 0.1) is 0 Å². The number of carbonyl (C=O) groups excluding carboxylic acids is 3. The Kier molecular flexibility index (Phi) is 9.22. The lowest BCUT2D eigenvalue weighted by Crippen LogP contribution is -2.28. The average Bonchev–Trinajstić information content (AvgIpc) is 3.64. The van der Waals surface area contributed by atoms with Crippen LogP contribution in [0.15, 0.2) is 91.8 Å². The van der Waals surface area contributed by atoms with E-state index in [2.05, 4.69) is 21.1 Å². The number of esters is 2. The largest absolute Gasteiger partial charge is 0.462 e. The molecule has 0 saturated carbocycles. The Morgan fingerprint density at radius 1 is 0.700 bits per heavy atom. The highest BCUT2D eigenvalue weighted by Gasteiger charge is 2.11. The number of hydrogen-bond acceptors (Lipinski definition) is 9. The number of hydrogen-bond donors (Lipinski definition) is 2. The van der Waals surface area contributed by atoms with Gasteiger partial charge in [-0.15, -0.1) is 0 Å². The van der Waals surface area contributed by atoms with Gasteiger partial charge in [0.2, 0.25) is 0 Å². The van der Waals surface area contributed by atoms with E-state index in [1.54, 1.807) is 86.6 Å². The maximum atomic E-state index is 12.0. The maximum Gasteiger partial charge on any atom is 0.355 e. The van der Waals surface area contributed by atoms with E-state index in [4.69, 9.17) is 18.3 Å². The molecule has 0 saturated heterocycles. The predicted octanol–water partition coefficient (Wildman–Crippen LogP) is 5.23. The van der Waals surface area contributed by atoms with E-state index in [1.165, 1.54) is 12.4 Å². The Labute approximate surface area is 229 Å². The van der Waals surface area contributed by atoms with Gasteiger partial charge in [-0.25, -0.2) is 25.2 Å². The molecular weight excluding hydrogens is 516 g/mol. The highest BCUT2D eigenvalue weighted by atomic mass is 16.5. The number of nitrogens with zero attached hydrogens (tertiary/aromatic N) is 2. The first-order chi connectivity index (χ1) is 19.5. The van der Waals surface area contributed by atoms with Gasteiger partial charge in [0.05, 0.1) is 36.8 Å². The smallest absolute Gasteiger partial charge is 0.355 e. The predicted molar refractivity (Wildman–Crippen MR) is 147 cm³/mol. The number of ether oxygens (including phenoxy) is 2. The fourth-order valence-electron chi connectivity index (χ4n) is 3.52. The third-order valence-corrected chi connectivity index (χ3v) is 5.29. The molecule has 4 rings (SSSR count). The standard InChI is InChI=1S/C29H26N4O7/c1-3-37-27(34)21-9-5-7-19(15-21)25-13-11-23(39-25)17-30-32-29(36)33-31-18-24-12-14-26(40-24)20-8-6-10-22(16-20)28(35)38-4-2/h5-18H,3-4H2,1-2H3,(H2,32,33,36)/b30-17-,31-18+. The Bertz CT molecular complexity index is 1440. The molecule has 2 aromatic carbocycles. The van der Waals surface area contributed by atoms with Crippen molar-refractivity contribution in [1.29, 1.82) is 0 Å². The molecule has 204 valence electrons. The number of amides is 2. The normalized spacial score (nSPS) is 11.1. The summed E-state index contributed by atoms with van der Waals surface area (Å²) in [6.45, 7) is 4.06. The van der Waals surface area contributed by atoms with Gasteiger partial charge in [-0.3, -0.25) is 0 Å². The number of rotatable bonds is 10. The molecule has 2 aromatic heterocycles. The van der Waals surface area contributed by atoms with Gasteiger partial charge in [0.15, 0.2) is 0 Å². The zero-order valence-electron chi connectivity index (χ0n) is 21.7. The van der Waals surface area contributed by atoms with E-state index in [9.17, 15) is 14.4 Å². The maximum absolute atomic E-state index is 12.0. The van der Waals surface area contributed by atoms with Crippen molar-refractivity contribution in [3.63, 3.8) is 0 Å². The van der Waals surface area contributed by atoms with Crippen LogP contribution in [0.3, 0.4) is 0 Å². The van der Waals surface area contributed by atoms with Gasteiger partial charge >= 0.3 is 18.0 Å². The second-order valence-electron chi connectivity index (χ2n) is 8.08. The van der Waals surface area contributed by atoms with Gasteiger partial charge in [-0.1, -0.05) is 24.3 Å². The molecule has 0 fully saturated rings. The molecular formula is C29H26N4O7. The van der Waals surface area contributed by atoms with Crippen LogP contribution in [-0.4, -0.2) is 43.6 Å². The molecule has 0 unspecified atom stereocenters. The van der Waals surface area contributed by atoms with Crippen molar-refractivity contribution in [3.8, 4) is 22.6 Å². The van der Waals surface area contributed by atoms with E-state index >= 15 is 0 Å². The summed E-state index contributed by atoms with van der Waals surface area (Å²) in [5, 5.41) is 7.67. The molecule has 0 aliphatic rings. The summed E-state index contributed by atoms with van der Waals surface area (Å²) in [7, 11) is 0. The van der Waals surface area contributed by atoms with Crippen molar-refractivity contribution in [2.45, 2.75) is 13.8 Å². The third kappa shape index (κ3) is 7.32. The molecule has 40 heavy (non-hydrogen) atoms. The fraction of sp³-hybridized carbons (Fsp3) is 0.138. The van der Waals surface area contributed by atoms with Gasteiger partial charge in [0, 0.05) is 11.1 Å². The van der Waals surface area contributed by atoms with E-state index in [0.29, 0.717) is 45.3 Å². The molecule has 2 heterocycles. The Hall–Kier alpha value is -5.45. The summed E-state index contributed by atoms with van der Waals surface area (Å²) >= 11 is 0. The highest BCUT2D eigenvalue weighted by Crippen LogP contribution is 2.24. The minimum absolute atomic E-state index is 0.287. The minimum atomic E-state index is -0.685. The summed E-state index contributed by atoms with van der Waals surface area (Å²) < 4.78 is 21.5. The first-order valence-corrected chi connectivity index (χ1v) is 12.3. The fourth-order valence-corrected chi connectivity index (χ4v) is 3.52. The SMILES string of the molecule is CCOC(=O)c1cccc(-c2ccc(/C=N\NC(=O)N/N=C/c3ccc(-c4cccc(C(=O)OCC)c4)o3)o2)c1. The van der Waals surface area contributed by atoms with Crippen LogP contribution in [0.4, 0.5) is 4.79 Å². The zero-order chi connectivity index (χ0) is 28.3. The van der Waals surface area contributed by atoms with E-state index in [1.807, 2.05) is 0 Å². The Morgan fingerprint density at radius 2 is 1.15 bits per heavy atom. The highest BCUT2D eigenvalue weighted by molar-refractivity contribution is 5.91. The summed E-state index contributed by atoms with van der Waals surface area (Å²) in [6.07, 6.45) is 2.65. The molecule has 0 spiro atoms. The van der Waals surface area contributed by atoms with E-state index < -0.39 is 18.0 Å². The van der Waals surface area contributed by atoms with Gasteiger partial charge in [-0.05, 0) is 62.4 Å². The van der Waals surface area contributed by atoms with Crippen LogP contribution in [-0.2, 0) is 9.47 Å². The average molecular weight is 543 g/mol. The number of nitrogens with one attached hydrogen (secondary N) is 2. The minimum Gasteiger partial charge on any atom is -0.462 e. The van der Waals surface area contributed by atoms with Crippen LogP contribution in [0.25, 0.3) is 22.6 Å². The van der Waals surface area contributed by atoms with Crippen molar-refractivity contribution in [2.24, 2.45) is 10.2 Å². The lowest BCUT2D eigenvalue weighted by Gasteiger charge is -2.03. The second-order valence-corrected chi connectivity index (χ2v) is 8.08. The van der Waals surface area contributed by atoms with Crippen molar-refractivity contribution < 1.29 is 32.7 Å². The second kappa shape index (κ2) is 13.4. The van der Waals surface area contributed by atoms with Gasteiger partial charge in [-0.2, -0.15) is 10.2 Å². The van der Waals surface area contributed by atoms with Crippen LogP contribution in [0.2, 0.25) is 0 Å². The molecule has 2 amide bonds. The monoisotopic (exact) mass is 542 g/mol. The number of benzene rings is 2. The van der Waals surface area contributed by atoms with Crippen molar-refractivity contribution >= 4 is 30.4 Å². The van der Waals surface area contributed by atoms with Crippen molar-refractivity contribution in [3.05, 3.63) is 95.4 Å². The molecule has 2 N–H and O–H groups in total. The number of hydrazone groups is 2. The number of urea groups is 1. The van der Waals surface area contributed by atoms with Gasteiger partial charge < -0.3 is 18.3 Å². The zero-order valence-corrected chi connectivity index (χ0v) is 21.7. The van der Waals surface area contributed by atoms with Crippen molar-refractivity contribution in [1.82, 2.24) is 10.9 Å². The Balaban J connectivity index is 1.28. The van der Waals surface area contributed by atoms with Gasteiger partial charge in [0.25, 0.3) is 0 Å². The molecule has 0 aliphatic carbocycles. The van der Waals surface area contributed by atoms with Crippen LogP contribution < -0.4 is 10.9 Å². The summed E-state index contributed by atoms with van der Waals surface area (Å²) in [6, 6.07) is 19.8. The lowest BCUT2D eigenvalue weighted by molar-refractivity contribution is 0.0517. The van der Waals surface area contributed by atoms with Crippen LogP contribution in [0.1, 0.15) is 46.1 Å². The first-order valence-electron chi connectivity index (χ1n) is 12.3. The molecule has 0 atom stereocenters. The molecule has 11 nitrogen and oxygen atoms in total. The van der Waals surface area contributed by atoms with E-state index in [-0.39, 0.29) is 13.2 Å². The Morgan fingerprint density at radius 3 is 1.57 bits per heavy atom. The van der Waals surface area contributed by atoms with Gasteiger partial charge in [0.1, 0.15) is 23.0 Å². The van der Waals surface area contributed by atoms with E-state index in [0.717, 1.165) is 0 Å². The summed E-state index contributed by atoms with van der Waals surface area (Å²) in [5.41, 5.74) is 6.76. The molecule has 0 bridgehead atoms. The first kappa shape index (κ1) is 27.6. The quantitative estimate of drug-likeness (QED) is 0.159. The van der Waals surface area contributed by atoms with Crippen molar-refractivity contribution in [2.75, 3.05) is 13.2 Å². The number of furan rings is 2. The van der Waals surface area contributed by atoms with Crippen LogP contribution >= 0.6 is 0 Å². The molecule has 11 heteroatoms. The molecule has 0 aliphatic heterocycles. The summed E-state index contributed by atoms with van der Waals surface area (Å²) in [4.78, 5) is 35.9. The third-order valence-electron chi connectivity index (χ3n) is 5.29. The number of carbonyl (C=O) groups is 3.